The van der Waals surface area contributed by atoms with E-state index in [2.05, 4.69) is 10.0 Å². The standard InChI is InChI=1S/C27H29N3O4S/c1-18-12-13-19(2)25(16-18)35(33,34)29-22-9-6-8-21(17-22)26(31)28-24-11-7-10-23(20(24)3)27(32)30-14-4-5-15-30/h6-13,16-17,29H,4-5,14-15H2,1-3H3,(H,28,31). The summed E-state index contributed by atoms with van der Waals surface area (Å²) >= 11 is 0. The highest BCUT2D eigenvalue weighted by atomic mass is 32.2. The van der Waals surface area contributed by atoms with E-state index in [4.69, 9.17) is 0 Å². The quantitative estimate of drug-likeness (QED) is 0.513. The van der Waals surface area contributed by atoms with Crippen LogP contribution in [0.3, 0.4) is 0 Å². The zero-order valence-corrected chi connectivity index (χ0v) is 20.9. The second-order valence-electron chi connectivity index (χ2n) is 8.89. The Kier molecular flexibility index (Phi) is 6.93. The van der Waals surface area contributed by atoms with E-state index in [1.54, 1.807) is 55.5 Å². The molecule has 7 nitrogen and oxygen atoms in total. The molecule has 3 aromatic rings. The monoisotopic (exact) mass is 491 g/mol. The van der Waals surface area contributed by atoms with Gasteiger partial charge in [-0.15, -0.1) is 0 Å². The van der Waals surface area contributed by atoms with Crippen LogP contribution in [0.15, 0.2) is 65.6 Å². The molecule has 0 spiro atoms. The van der Waals surface area contributed by atoms with Crippen LogP contribution < -0.4 is 10.0 Å². The summed E-state index contributed by atoms with van der Waals surface area (Å²) in [6, 6.07) is 16.8. The molecule has 8 heteroatoms. The molecule has 35 heavy (non-hydrogen) atoms. The van der Waals surface area contributed by atoms with Gasteiger partial charge in [-0.05, 0) is 86.7 Å². The van der Waals surface area contributed by atoms with E-state index in [0.717, 1.165) is 31.5 Å². The molecule has 0 atom stereocenters. The number of benzene rings is 3. The van der Waals surface area contributed by atoms with E-state index in [1.165, 1.54) is 6.07 Å². The van der Waals surface area contributed by atoms with Crippen LogP contribution in [-0.4, -0.2) is 38.2 Å². The number of rotatable bonds is 6. The summed E-state index contributed by atoms with van der Waals surface area (Å²) in [4.78, 5) is 27.9. The Morgan fingerprint density at radius 3 is 2.34 bits per heavy atom. The number of anilines is 2. The number of hydrogen-bond donors (Lipinski definition) is 2. The highest BCUT2D eigenvalue weighted by Crippen LogP contribution is 2.24. The zero-order chi connectivity index (χ0) is 25.2. The lowest BCUT2D eigenvalue weighted by molar-refractivity contribution is 0.0791. The Labute approximate surface area is 206 Å². The van der Waals surface area contributed by atoms with Gasteiger partial charge in [0.15, 0.2) is 0 Å². The predicted octanol–water partition coefficient (Wildman–Crippen LogP) is 4.90. The average Bonchev–Trinajstić information content (AvgIpc) is 3.36. The molecule has 182 valence electrons. The van der Waals surface area contributed by atoms with E-state index in [0.29, 0.717) is 27.9 Å². The second-order valence-corrected chi connectivity index (χ2v) is 10.5. The number of nitrogens with one attached hydrogen (secondary N) is 2. The first-order valence-corrected chi connectivity index (χ1v) is 13.0. The first kappa shape index (κ1) is 24.5. The van der Waals surface area contributed by atoms with Crippen LogP contribution in [0.1, 0.15) is 50.2 Å². The molecule has 0 radical (unpaired) electrons. The van der Waals surface area contributed by atoms with Crippen LogP contribution in [0.25, 0.3) is 0 Å². The minimum absolute atomic E-state index is 0.0288. The average molecular weight is 492 g/mol. The van der Waals surface area contributed by atoms with E-state index >= 15 is 0 Å². The summed E-state index contributed by atoms with van der Waals surface area (Å²) in [5.41, 5.74) is 3.86. The van der Waals surface area contributed by atoms with Gasteiger partial charge < -0.3 is 10.2 Å². The molecule has 1 fully saturated rings. The maximum atomic E-state index is 13.0. The molecule has 4 rings (SSSR count). The van der Waals surface area contributed by atoms with Crippen LogP contribution in [0, 0.1) is 20.8 Å². The highest BCUT2D eigenvalue weighted by molar-refractivity contribution is 7.92. The van der Waals surface area contributed by atoms with Gasteiger partial charge in [0.05, 0.1) is 4.90 Å². The van der Waals surface area contributed by atoms with Crippen LogP contribution >= 0.6 is 0 Å². The largest absolute Gasteiger partial charge is 0.339 e. The van der Waals surface area contributed by atoms with Crippen molar-refractivity contribution < 1.29 is 18.0 Å². The fourth-order valence-corrected chi connectivity index (χ4v) is 5.60. The first-order chi connectivity index (χ1) is 16.7. The predicted molar refractivity (Wildman–Crippen MR) is 137 cm³/mol. The molecule has 0 aliphatic carbocycles. The van der Waals surface area contributed by atoms with Crippen molar-refractivity contribution >= 4 is 33.2 Å². The SMILES string of the molecule is Cc1ccc(C)c(S(=O)(=O)Nc2cccc(C(=O)Nc3cccc(C(=O)N4CCCC4)c3C)c2)c1. The minimum Gasteiger partial charge on any atom is -0.339 e. The molecular weight excluding hydrogens is 462 g/mol. The third-order valence-corrected chi connectivity index (χ3v) is 7.74. The van der Waals surface area contributed by atoms with Crippen LogP contribution in [0.4, 0.5) is 11.4 Å². The van der Waals surface area contributed by atoms with Crippen molar-refractivity contribution in [3.05, 3.63) is 88.5 Å². The number of hydrogen-bond acceptors (Lipinski definition) is 4. The number of likely N-dealkylation sites (tertiary alicyclic amines) is 1. The van der Waals surface area contributed by atoms with E-state index in [9.17, 15) is 18.0 Å². The Bertz CT molecular complexity index is 1390. The van der Waals surface area contributed by atoms with Gasteiger partial charge in [0.1, 0.15) is 0 Å². The molecule has 1 saturated heterocycles. The lowest BCUT2D eigenvalue weighted by atomic mass is 10.0. The number of nitrogens with zero attached hydrogens (tertiary/aromatic N) is 1. The molecule has 0 unspecified atom stereocenters. The van der Waals surface area contributed by atoms with Crippen molar-refractivity contribution in [1.29, 1.82) is 0 Å². The van der Waals surface area contributed by atoms with Gasteiger partial charge in [0, 0.05) is 35.6 Å². The summed E-state index contributed by atoms with van der Waals surface area (Å²) in [6.07, 6.45) is 2.01. The van der Waals surface area contributed by atoms with Gasteiger partial charge in [-0.25, -0.2) is 8.42 Å². The number of aryl methyl sites for hydroxylation is 2. The Balaban J connectivity index is 1.53. The molecule has 1 aliphatic heterocycles. The zero-order valence-electron chi connectivity index (χ0n) is 20.1. The Morgan fingerprint density at radius 2 is 1.60 bits per heavy atom. The maximum Gasteiger partial charge on any atom is 0.262 e. The number of carbonyl (C=O) groups excluding carboxylic acids is 2. The van der Waals surface area contributed by atoms with Crippen molar-refractivity contribution in [3.63, 3.8) is 0 Å². The van der Waals surface area contributed by atoms with Gasteiger partial charge in [-0.3, -0.25) is 14.3 Å². The van der Waals surface area contributed by atoms with Crippen LogP contribution in [0.2, 0.25) is 0 Å². The summed E-state index contributed by atoms with van der Waals surface area (Å²) in [7, 11) is -3.82. The van der Waals surface area contributed by atoms with Crippen molar-refractivity contribution in [1.82, 2.24) is 4.90 Å². The van der Waals surface area contributed by atoms with Crippen molar-refractivity contribution in [2.45, 2.75) is 38.5 Å². The fraction of sp³-hybridized carbons (Fsp3) is 0.259. The van der Waals surface area contributed by atoms with Crippen molar-refractivity contribution in [3.8, 4) is 0 Å². The van der Waals surface area contributed by atoms with Crippen molar-refractivity contribution in [2.75, 3.05) is 23.1 Å². The van der Waals surface area contributed by atoms with Crippen molar-refractivity contribution in [2.24, 2.45) is 0 Å². The fourth-order valence-electron chi connectivity index (χ4n) is 4.22. The molecule has 1 aliphatic rings. The van der Waals surface area contributed by atoms with Gasteiger partial charge >= 0.3 is 0 Å². The molecule has 0 bridgehead atoms. The third-order valence-electron chi connectivity index (χ3n) is 6.22. The minimum atomic E-state index is -3.82. The Morgan fingerprint density at radius 1 is 0.886 bits per heavy atom. The summed E-state index contributed by atoms with van der Waals surface area (Å²) in [5.74, 6) is -0.425. The molecular formula is C27H29N3O4S. The highest BCUT2D eigenvalue weighted by Gasteiger charge is 2.22. The molecule has 0 saturated carbocycles. The maximum absolute atomic E-state index is 13.0. The van der Waals surface area contributed by atoms with Gasteiger partial charge in [0.25, 0.3) is 21.8 Å². The smallest absolute Gasteiger partial charge is 0.262 e. The number of sulfonamides is 1. The normalized spacial score (nSPS) is 13.5. The van der Waals surface area contributed by atoms with Gasteiger partial charge in [-0.2, -0.15) is 0 Å². The van der Waals surface area contributed by atoms with Gasteiger partial charge in [0.2, 0.25) is 0 Å². The lowest BCUT2D eigenvalue weighted by Crippen LogP contribution is -2.28. The topological polar surface area (TPSA) is 95.6 Å². The molecule has 1 heterocycles. The van der Waals surface area contributed by atoms with Gasteiger partial charge in [-0.1, -0.05) is 24.3 Å². The van der Waals surface area contributed by atoms with Crippen LogP contribution in [-0.2, 0) is 10.0 Å². The molecule has 2 amide bonds. The first-order valence-electron chi connectivity index (χ1n) is 11.6. The summed E-state index contributed by atoms with van der Waals surface area (Å²) in [6.45, 7) is 6.88. The van der Waals surface area contributed by atoms with E-state index in [1.807, 2.05) is 24.8 Å². The Hall–Kier alpha value is -3.65. The number of amides is 2. The third kappa shape index (κ3) is 5.38. The van der Waals surface area contributed by atoms with E-state index in [-0.39, 0.29) is 16.5 Å². The molecule has 0 aromatic heterocycles. The second kappa shape index (κ2) is 9.92. The molecule has 3 aromatic carbocycles. The van der Waals surface area contributed by atoms with E-state index < -0.39 is 15.9 Å². The lowest BCUT2D eigenvalue weighted by Gasteiger charge is -2.18. The molecule has 2 N–H and O–H groups in total. The van der Waals surface area contributed by atoms with Crippen LogP contribution in [0.5, 0.6) is 0 Å². The number of carbonyl (C=O) groups is 2. The summed E-state index contributed by atoms with van der Waals surface area (Å²) in [5, 5.41) is 2.86. The summed E-state index contributed by atoms with van der Waals surface area (Å²) < 4.78 is 28.5.